The van der Waals surface area contributed by atoms with Gasteiger partial charge in [-0.1, -0.05) is 27.7 Å². The van der Waals surface area contributed by atoms with Gasteiger partial charge in [0.05, 0.1) is 5.69 Å². The molecule has 0 radical (unpaired) electrons. The quantitative estimate of drug-likeness (QED) is 0.197. The second-order valence-electron chi connectivity index (χ2n) is 11.9. The molecule has 3 aromatic carbocycles. The van der Waals surface area contributed by atoms with Crippen LogP contribution in [0.2, 0.25) is 0 Å². The highest BCUT2D eigenvalue weighted by atomic mass is 19.1. The Morgan fingerprint density at radius 3 is 2.16 bits per heavy atom. The first kappa shape index (κ1) is 32.8. The summed E-state index contributed by atoms with van der Waals surface area (Å²) in [5, 5.41) is 8.28. The summed E-state index contributed by atoms with van der Waals surface area (Å²) < 4.78 is 20.4. The lowest BCUT2D eigenvalue weighted by molar-refractivity contribution is 0.102. The van der Waals surface area contributed by atoms with Gasteiger partial charge in [0.1, 0.15) is 17.3 Å². The molecule has 0 unspecified atom stereocenters. The van der Waals surface area contributed by atoms with Gasteiger partial charge in [-0.05, 0) is 92.3 Å². The molecule has 3 amide bonds. The molecule has 44 heavy (non-hydrogen) atoms. The highest BCUT2D eigenvalue weighted by molar-refractivity contribution is 6.04. The predicted molar refractivity (Wildman–Crippen MR) is 177 cm³/mol. The first-order chi connectivity index (χ1) is 21.1. The lowest BCUT2D eigenvalue weighted by Gasteiger charge is -2.38. The van der Waals surface area contributed by atoms with E-state index in [0.717, 1.165) is 51.0 Å². The molecule has 0 aromatic heterocycles. The van der Waals surface area contributed by atoms with E-state index < -0.39 is 11.8 Å². The zero-order valence-corrected chi connectivity index (χ0v) is 26.5. The van der Waals surface area contributed by atoms with Gasteiger partial charge in [-0.2, -0.15) is 0 Å². The Kier molecular flexibility index (Phi) is 11.6. The van der Waals surface area contributed by atoms with E-state index in [0.29, 0.717) is 29.0 Å². The molecule has 1 saturated heterocycles. The van der Waals surface area contributed by atoms with Crippen LogP contribution in [-0.2, 0) is 0 Å². The third-order valence-corrected chi connectivity index (χ3v) is 8.12. The van der Waals surface area contributed by atoms with Crippen molar-refractivity contribution >= 4 is 29.0 Å². The number of hydrogen-bond donors (Lipinski definition) is 3. The number of carbonyl (C=O) groups excluding carboxylic acids is 2. The number of benzene rings is 3. The summed E-state index contributed by atoms with van der Waals surface area (Å²) in [6.07, 6.45) is 3.87. The number of nitrogens with one attached hydrogen (secondary N) is 3. The molecule has 8 nitrogen and oxygen atoms in total. The van der Waals surface area contributed by atoms with Crippen molar-refractivity contribution in [2.24, 2.45) is 5.92 Å². The molecule has 0 aliphatic carbocycles. The van der Waals surface area contributed by atoms with Gasteiger partial charge in [0.15, 0.2) is 0 Å². The van der Waals surface area contributed by atoms with Gasteiger partial charge >= 0.3 is 6.03 Å². The Bertz CT molecular complexity index is 1370. The molecular weight excluding hydrogens is 557 g/mol. The van der Waals surface area contributed by atoms with Gasteiger partial charge in [0, 0.05) is 61.8 Å². The van der Waals surface area contributed by atoms with Crippen molar-refractivity contribution in [3.8, 4) is 11.5 Å². The summed E-state index contributed by atoms with van der Waals surface area (Å²) in [7, 11) is 2.13. The van der Waals surface area contributed by atoms with Crippen LogP contribution in [0.1, 0.15) is 63.7 Å². The Balaban J connectivity index is 1.27. The fourth-order valence-corrected chi connectivity index (χ4v) is 5.51. The summed E-state index contributed by atoms with van der Waals surface area (Å²) in [4.78, 5) is 29.9. The van der Waals surface area contributed by atoms with Crippen LogP contribution < -0.4 is 25.6 Å². The van der Waals surface area contributed by atoms with E-state index in [2.05, 4.69) is 46.6 Å². The molecule has 0 saturated carbocycles. The van der Waals surface area contributed by atoms with Crippen LogP contribution in [0.25, 0.3) is 0 Å². The van der Waals surface area contributed by atoms with Crippen LogP contribution in [0.5, 0.6) is 11.5 Å². The van der Waals surface area contributed by atoms with E-state index >= 15 is 0 Å². The van der Waals surface area contributed by atoms with Gasteiger partial charge in [-0.25, -0.2) is 9.18 Å². The van der Waals surface area contributed by atoms with Crippen LogP contribution in [-0.4, -0.2) is 55.6 Å². The van der Waals surface area contributed by atoms with Crippen molar-refractivity contribution in [2.75, 3.05) is 42.2 Å². The third-order valence-electron chi connectivity index (χ3n) is 8.12. The number of likely N-dealkylation sites (tertiary alicyclic amines) is 1. The average molecular weight is 604 g/mol. The topological polar surface area (TPSA) is 85.9 Å². The second-order valence-corrected chi connectivity index (χ2v) is 11.9. The third kappa shape index (κ3) is 9.19. The first-order valence-corrected chi connectivity index (χ1v) is 15.7. The molecule has 1 heterocycles. The standard InChI is InChI=1S/C35H46FN5O3/c1-6-26(7-2)38-35(43)39-33-17-16-31(22-32(33)36)44-30-14-10-27(11-15-30)37-34(42)25-8-12-28(13-9-25)40(5)29-18-20-41(21-19-29)23-24(3)4/h8-17,22,24,26,29H,6-7,18-21,23H2,1-5H3,(H,37,42)(H2,38,39,43). The number of anilines is 3. The van der Waals surface area contributed by atoms with Gasteiger partial charge in [-0.15, -0.1) is 0 Å². The minimum atomic E-state index is -0.602. The minimum Gasteiger partial charge on any atom is -0.457 e. The van der Waals surface area contributed by atoms with E-state index in [-0.39, 0.29) is 23.4 Å². The molecule has 3 N–H and O–H groups in total. The van der Waals surface area contributed by atoms with E-state index in [1.807, 2.05) is 38.1 Å². The lowest BCUT2D eigenvalue weighted by atomic mass is 10.0. The molecule has 4 rings (SSSR count). The molecule has 0 atom stereocenters. The van der Waals surface area contributed by atoms with E-state index in [4.69, 9.17) is 4.74 Å². The summed E-state index contributed by atoms with van der Waals surface area (Å²) in [6.45, 7) is 11.9. The lowest BCUT2D eigenvalue weighted by Crippen LogP contribution is -2.44. The number of hydrogen-bond acceptors (Lipinski definition) is 5. The average Bonchev–Trinajstić information content (AvgIpc) is 3.02. The number of piperidine rings is 1. The van der Waals surface area contributed by atoms with E-state index in [9.17, 15) is 14.0 Å². The number of rotatable bonds is 12. The van der Waals surface area contributed by atoms with Gasteiger partial charge in [0.25, 0.3) is 5.91 Å². The van der Waals surface area contributed by atoms with Gasteiger partial charge < -0.3 is 30.5 Å². The number of halogens is 1. The Morgan fingerprint density at radius 1 is 0.932 bits per heavy atom. The first-order valence-electron chi connectivity index (χ1n) is 15.7. The summed E-state index contributed by atoms with van der Waals surface area (Å²) in [5.74, 6) is 0.657. The predicted octanol–water partition coefficient (Wildman–Crippen LogP) is 7.74. The Morgan fingerprint density at radius 2 is 1.57 bits per heavy atom. The van der Waals surface area contributed by atoms with Crippen molar-refractivity contribution in [1.29, 1.82) is 0 Å². The molecule has 1 aliphatic rings. The van der Waals surface area contributed by atoms with Crippen molar-refractivity contribution < 1.29 is 18.7 Å². The highest BCUT2D eigenvalue weighted by Crippen LogP contribution is 2.27. The van der Waals surface area contributed by atoms with Crippen LogP contribution in [0.4, 0.5) is 26.2 Å². The maximum Gasteiger partial charge on any atom is 0.319 e. The molecule has 0 bridgehead atoms. The largest absolute Gasteiger partial charge is 0.457 e. The monoisotopic (exact) mass is 603 g/mol. The molecular formula is C35H46FN5O3. The normalized spacial score (nSPS) is 14.0. The molecule has 1 aliphatic heterocycles. The Labute approximate surface area is 261 Å². The smallest absolute Gasteiger partial charge is 0.319 e. The SMILES string of the molecule is CCC(CC)NC(=O)Nc1ccc(Oc2ccc(NC(=O)c3ccc(N(C)C4CCN(CC(C)C)CC4)cc3)cc2)cc1F. The zero-order valence-electron chi connectivity index (χ0n) is 26.5. The number of amides is 3. The minimum absolute atomic E-state index is 0.0359. The fraction of sp³-hybridized carbons (Fsp3) is 0.429. The number of nitrogens with zero attached hydrogens (tertiary/aromatic N) is 2. The van der Waals surface area contributed by atoms with Crippen LogP contribution >= 0.6 is 0 Å². The van der Waals surface area contributed by atoms with Crippen molar-refractivity contribution in [3.63, 3.8) is 0 Å². The number of urea groups is 1. The summed E-state index contributed by atoms with van der Waals surface area (Å²) >= 11 is 0. The second kappa shape index (κ2) is 15.6. The molecule has 3 aromatic rings. The maximum absolute atomic E-state index is 14.6. The molecule has 1 fully saturated rings. The van der Waals surface area contributed by atoms with Gasteiger partial charge in [0.2, 0.25) is 0 Å². The summed E-state index contributed by atoms with van der Waals surface area (Å²) in [5.41, 5.74) is 2.37. The van der Waals surface area contributed by atoms with Crippen molar-refractivity contribution in [2.45, 2.75) is 65.5 Å². The van der Waals surface area contributed by atoms with Crippen molar-refractivity contribution in [3.05, 3.63) is 78.1 Å². The molecule has 0 spiro atoms. The Hall–Kier alpha value is -4.11. The zero-order chi connectivity index (χ0) is 31.6. The fourth-order valence-electron chi connectivity index (χ4n) is 5.51. The highest BCUT2D eigenvalue weighted by Gasteiger charge is 2.23. The number of ether oxygens (including phenoxy) is 1. The van der Waals surface area contributed by atoms with Gasteiger partial charge in [-0.3, -0.25) is 4.79 Å². The molecule has 9 heteroatoms. The van der Waals surface area contributed by atoms with Crippen molar-refractivity contribution in [1.82, 2.24) is 10.2 Å². The van der Waals surface area contributed by atoms with E-state index in [1.165, 1.54) is 12.1 Å². The van der Waals surface area contributed by atoms with Crippen LogP contribution in [0.3, 0.4) is 0 Å². The summed E-state index contributed by atoms with van der Waals surface area (Å²) in [6, 6.07) is 18.9. The van der Waals surface area contributed by atoms with Crippen LogP contribution in [0, 0.1) is 11.7 Å². The number of carbonyl (C=O) groups is 2. The van der Waals surface area contributed by atoms with E-state index in [1.54, 1.807) is 30.3 Å². The molecule has 236 valence electrons. The maximum atomic E-state index is 14.6. The van der Waals surface area contributed by atoms with Crippen LogP contribution in [0.15, 0.2) is 66.7 Å².